The van der Waals surface area contributed by atoms with Gasteiger partial charge >= 0.3 is 11.9 Å². The maximum absolute atomic E-state index is 11.9. The fraction of sp³-hybridized carbons (Fsp3) is 0.188. The van der Waals surface area contributed by atoms with E-state index in [-0.39, 0.29) is 12.3 Å². The first-order chi connectivity index (χ1) is 10.5. The van der Waals surface area contributed by atoms with E-state index < -0.39 is 11.9 Å². The van der Waals surface area contributed by atoms with E-state index in [1.807, 2.05) is 31.2 Å². The number of hydrogen-bond donors (Lipinski definition) is 1. The Morgan fingerprint density at radius 3 is 2.82 bits per heavy atom. The quantitative estimate of drug-likeness (QED) is 0.677. The van der Waals surface area contributed by atoms with Gasteiger partial charge in [0.15, 0.2) is 5.69 Å². The van der Waals surface area contributed by atoms with E-state index in [4.69, 9.17) is 9.84 Å². The largest absolute Gasteiger partial charge is 0.478 e. The lowest BCUT2D eigenvalue weighted by molar-refractivity contribution is -0.131. The smallest absolute Gasteiger partial charge is 0.359 e. The molecule has 0 saturated carbocycles. The van der Waals surface area contributed by atoms with Gasteiger partial charge in [0.05, 0.1) is 12.3 Å². The van der Waals surface area contributed by atoms with Crippen LogP contribution in [0.4, 0.5) is 0 Å². The first-order valence-electron chi connectivity index (χ1n) is 6.76. The van der Waals surface area contributed by atoms with Gasteiger partial charge in [0.1, 0.15) is 0 Å². The first kappa shape index (κ1) is 15.5. The average Bonchev–Trinajstić information content (AvgIpc) is 2.89. The van der Waals surface area contributed by atoms with Crippen molar-refractivity contribution in [3.05, 3.63) is 53.4 Å². The average molecular weight is 300 g/mol. The van der Waals surface area contributed by atoms with Crippen molar-refractivity contribution in [2.24, 2.45) is 0 Å². The monoisotopic (exact) mass is 300 g/mol. The minimum atomic E-state index is -1.10. The zero-order chi connectivity index (χ0) is 16.1. The topological polar surface area (TPSA) is 81.4 Å². The Balaban J connectivity index is 2.47. The summed E-state index contributed by atoms with van der Waals surface area (Å²) < 4.78 is 6.48. The van der Waals surface area contributed by atoms with Crippen molar-refractivity contribution in [1.82, 2.24) is 9.78 Å². The number of hydrogen-bond acceptors (Lipinski definition) is 4. The van der Waals surface area contributed by atoms with E-state index in [0.717, 1.165) is 17.3 Å². The van der Waals surface area contributed by atoms with Crippen molar-refractivity contribution in [2.45, 2.75) is 13.8 Å². The van der Waals surface area contributed by atoms with Crippen molar-refractivity contribution >= 4 is 18.0 Å². The number of carbonyl (C=O) groups is 2. The number of carbonyl (C=O) groups excluding carboxylic acids is 1. The Labute approximate surface area is 127 Å². The zero-order valence-corrected chi connectivity index (χ0v) is 12.3. The highest BCUT2D eigenvalue weighted by molar-refractivity contribution is 5.93. The van der Waals surface area contributed by atoms with Gasteiger partial charge in [-0.2, -0.15) is 5.10 Å². The van der Waals surface area contributed by atoms with Crippen molar-refractivity contribution < 1.29 is 19.4 Å². The van der Waals surface area contributed by atoms with Crippen LogP contribution >= 0.6 is 0 Å². The van der Waals surface area contributed by atoms with Crippen LogP contribution in [0.5, 0.6) is 0 Å². The predicted molar refractivity (Wildman–Crippen MR) is 80.9 cm³/mol. The molecule has 6 nitrogen and oxygen atoms in total. The lowest BCUT2D eigenvalue weighted by Gasteiger charge is -2.02. The molecule has 0 bridgehead atoms. The molecule has 1 aromatic heterocycles. The third-order valence-electron chi connectivity index (χ3n) is 2.88. The Morgan fingerprint density at radius 2 is 2.18 bits per heavy atom. The van der Waals surface area contributed by atoms with Crippen LogP contribution in [0.1, 0.15) is 28.5 Å². The predicted octanol–water partition coefficient (Wildman–Crippen LogP) is 2.46. The van der Waals surface area contributed by atoms with Crippen LogP contribution < -0.4 is 0 Å². The summed E-state index contributed by atoms with van der Waals surface area (Å²) in [5.41, 5.74) is 2.30. The molecule has 114 valence electrons. The highest BCUT2D eigenvalue weighted by Gasteiger charge is 2.17. The molecule has 0 fully saturated rings. The molecule has 6 heteroatoms. The number of aromatic nitrogens is 2. The van der Waals surface area contributed by atoms with Crippen LogP contribution in [0.25, 0.3) is 11.8 Å². The molecular formula is C16H16N2O4. The number of nitrogens with zero attached hydrogens (tertiary/aromatic N) is 2. The molecule has 0 spiro atoms. The number of carboxylic acids is 1. The van der Waals surface area contributed by atoms with Gasteiger partial charge in [-0.15, -0.1) is 0 Å². The van der Waals surface area contributed by atoms with Crippen molar-refractivity contribution in [3.63, 3.8) is 0 Å². The van der Waals surface area contributed by atoms with Gasteiger partial charge in [-0.25, -0.2) is 14.3 Å². The maximum atomic E-state index is 11.9. The van der Waals surface area contributed by atoms with Crippen molar-refractivity contribution in [1.29, 1.82) is 0 Å². The highest BCUT2D eigenvalue weighted by atomic mass is 16.5. The zero-order valence-electron chi connectivity index (χ0n) is 12.3. The molecule has 2 aromatic rings. The summed E-state index contributed by atoms with van der Waals surface area (Å²) in [4.78, 5) is 22.6. The van der Waals surface area contributed by atoms with Gasteiger partial charge in [0.2, 0.25) is 0 Å². The van der Waals surface area contributed by atoms with E-state index >= 15 is 0 Å². The van der Waals surface area contributed by atoms with E-state index in [9.17, 15) is 9.59 Å². The molecule has 0 atom stereocenters. The van der Waals surface area contributed by atoms with Crippen LogP contribution in [-0.2, 0) is 9.53 Å². The number of rotatable bonds is 5. The minimum absolute atomic E-state index is 0.0841. The summed E-state index contributed by atoms with van der Waals surface area (Å²) in [5, 5.41) is 13.0. The summed E-state index contributed by atoms with van der Waals surface area (Å²) in [7, 11) is 0. The minimum Gasteiger partial charge on any atom is -0.478 e. The van der Waals surface area contributed by atoms with E-state index in [2.05, 4.69) is 5.10 Å². The Bertz CT molecular complexity index is 731. The number of aliphatic carboxylic acids is 1. The summed E-state index contributed by atoms with van der Waals surface area (Å²) in [5.74, 6) is -1.68. The van der Waals surface area contributed by atoms with E-state index in [1.54, 1.807) is 13.1 Å². The summed E-state index contributed by atoms with van der Waals surface area (Å²) >= 11 is 0. The third-order valence-corrected chi connectivity index (χ3v) is 2.88. The molecule has 1 N–H and O–H groups in total. The van der Waals surface area contributed by atoms with Gasteiger partial charge in [-0.3, -0.25) is 0 Å². The van der Waals surface area contributed by atoms with Crippen molar-refractivity contribution in [2.75, 3.05) is 6.61 Å². The second-order valence-electron chi connectivity index (χ2n) is 4.61. The Kier molecular flexibility index (Phi) is 4.73. The van der Waals surface area contributed by atoms with Gasteiger partial charge in [-0.1, -0.05) is 12.1 Å². The molecule has 0 unspecified atom stereocenters. The first-order valence-corrected chi connectivity index (χ1v) is 6.76. The molecule has 0 radical (unpaired) electrons. The number of benzene rings is 1. The molecule has 0 saturated heterocycles. The lowest BCUT2D eigenvalue weighted by atomic mass is 10.2. The van der Waals surface area contributed by atoms with Crippen LogP contribution in [0.2, 0.25) is 0 Å². The third kappa shape index (κ3) is 3.60. The molecule has 1 heterocycles. The normalized spacial score (nSPS) is 10.8. The van der Waals surface area contributed by atoms with Crippen LogP contribution in [-0.4, -0.2) is 33.4 Å². The SMILES string of the molecule is CCOC(=O)c1nn(-c2cccc(C)c2)cc1/C=C/C(=O)O. The summed E-state index contributed by atoms with van der Waals surface area (Å²) in [6.45, 7) is 3.87. The lowest BCUT2D eigenvalue weighted by Crippen LogP contribution is -2.08. The standard InChI is InChI=1S/C16H16N2O4/c1-3-22-16(21)15-12(7-8-14(19)20)10-18(17-15)13-6-4-5-11(2)9-13/h4-10H,3H2,1-2H3,(H,19,20)/b8-7+. The fourth-order valence-corrected chi connectivity index (χ4v) is 1.93. The molecule has 2 rings (SSSR count). The summed E-state index contributed by atoms with van der Waals surface area (Å²) in [6.07, 6.45) is 3.88. The second kappa shape index (κ2) is 6.71. The van der Waals surface area contributed by atoms with Crippen LogP contribution in [0, 0.1) is 6.92 Å². The number of ether oxygens (including phenoxy) is 1. The molecule has 22 heavy (non-hydrogen) atoms. The highest BCUT2D eigenvalue weighted by Crippen LogP contribution is 2.16. The summed E-state index contributed by atoms with van der Waals surface area (Å²) in [6, 6.07) is 7.58. The second-order valence-corrected chi connectivity index (χ2v) is 4.61. The molecule has 0 amide bonds. The molecular weight excluding hydrogens is 284 g/mol. The van der Waals surface area contributed by atoms with Gasteiger partial charge in [0.25, 0.3) is 0 Å². The van der Waals surface area contributed by atoms with E-state index in [1.165, 1.54) is 10.8 Å². The van der Waals surface area contributed by atoms with Gasteiger partial charge in [0, 0.05) is 17.8 Å². The molecule has 0 aliphatic rings. The Morgan fingerprint density at radius 1 is 1.41 bits per heavy atom. The van der Waals surface area contributed by atoms with E-state index in [0.29, 0.717) is 5.56 Å². The number of esters is 1. The molecule has 0 aliphatic carbocycles. The number of aryl methyl sites for hydroxylation is 1. The number of carboxylic acid groups (broad SMARTS) is 1. The Hall–Kier alpha value is -2.89. The fourth-order valence-electron chi connectivity index (χ4n) is 1.93. The van der Waals surface area contributed by atoms with Crippen LogP contribution in [0.3, 0.4) is 0 Å². The van der Waals surface area contributed by atoms with Gasteiger partial charge in [-0.05, 0) is 37.6 Å². The maximum Gasteiger partial charge on any atom is 0.359 e. The van der Waals surface area contributed by atoms with Crippen molar-refractivity contribution in [3.8, 4) is 5.69 Å². The van der Waals surface area contributed by atoms with Gasteiger partial charge < -0.3 is 9.84 Å². The van der Waals surface area contributed by atoms with Crippen LogP contribution in [0.15, 0.2) is 36.5 Å². The molecule has 0 aliphatic heterocycles. The molecule has 1 aromatic carbocycles.